The molecule has 0 spiro atoms. The number of aliphatic hydroxyl groups is 1. The Morgan fingerprint density at radius 2 is 1.82 bits per heavy atom. The van der Waals surface area contributed by atoms with Crippen molar-refractivity contribution in [3.8, 4) is 0 Å². The van der Waals surface area contributed by atoms with Crippen LogP contribution in [0.1, 0.15) is 78.6 Å². The summed E-state index contributed by atoms with van der Waals surface area (Å²) < 4.78 is 0. The highest BCUT2D eigenvalue weighted by Crippen LogP contribution is 2.67. The minimum absolute atomic E-state index is 0.00964. The molecule has 0 aliphatic heterocycles. The van der Waals surface area contributed by atoms with Crippen molar-refractivity contribution in [3.05, 3.63) is 11.6 Å². The van der Waals surface area contributed by atoms with Gasteiger partial charge in [0.1, 0.15) is 0 Å². The van der Waals surface area contributed by atoms with Gasteiger partial charge in [0.05, 0.1) is 6.10 Å². The second-order valence-corrected chi connectivity index (χ2v) is 9.39. The van der Waals surface area contributed by atoms with Crippen molar-refractivity contribution in [2.24, 2.45) is 34.5 Å². The van der Waals surface area contributed by atoms with E-state index in [0.717, 1.165) is 36.5 Å². The first kappa shape index (κ1) is 15.2. The van der Waals surface area contributed by atoms with Crippen molar-refractivity contribution in [2.75, 3.05) is 0 Å². The van der Waals surface area contributed by atoms with Gasteiger partial charge in [0, 0.05) is 0 Å². The third-order valence-corrected chi connectivity index (χ3v) is 8.83. The molecule has 4 saturated carbocycles. The van der Waals surface area contributed by atoms with E-state index in [2.05, 4.69) is 26.8 Å². The third kappa shape index (κ3) is 1.93. The van der Waals surface area contributed by atoms with Crippen molar-refractivity contribution in [3.63, 3.8) is 0 Å². The molecule has 4 rings (SSSR count). The SMILES string of the molecule is CC=C1CC[C@H]2[C@@H]3CC[C@H]4C[C@@H](O)CC[C@]4(C)[C@H]3CC[C@]12C. The quantitative estimate of drug-likeness (QED) is 0.599. The summed E-state index contributed by atoms with van der Waals surface area (Å²) in [7, 11) is 0. The molecule has 0 saturated heterocycles. The Morgan fingerprint density at radius 1 is 1.00 bits per heavy atom. The van der Waals surface area contributed by atoms with Crippen LogP contribution in [0.5, 0.6) is 0 Å². The van der Waals surface area contributed by atoms with E-state index in [1.165, 1.54) is 44.9 Å². The largest absolute Gasteiger partial charge is 0.393 e. The number of aliphatic hydroxyl groups excluding tert-OH is 1. The highest BCUT2D eigenvalue weighted by molar-refractivity contribution is 5.23. The number of hydrogen-bond acceptors (Lipinski definition) is 1. The normalized spacial score (nSPS) is 56.4. The highest BCUT2D eigenvalue weighted by atomic mass is 16.3. The number of rotatable bonds is 0. The summed E-state index contributed by atoms with van der Waals surface area (Å²) in [6.07, 6.45) is 14.3. The van der Waals surface area contributed by atoms with Gasteiger partial charge in [-0.2, -0.15) is 0 Å². The molecule has 0 aromatic heterocycles. The fraction of sp³-hybridized carbons (Fsp3) is 0.905. The smallest absolute Gasteiger partial charge is 0.0543 e. The number of hydrogen-bond donors (Lipinski definition) is 1. The first-order valence-corrected chi connectivity index (χ1v) is 9.83. The van der Waals surface area contributed by atoms with Gasteiger partial charge in [-0.05, 0) is 99.2 Å². The van der Waals surface area contributed by atoms with Crippen LogP contribution in [0, 0.1) is 34.5 Å². The standard InChI is InChI=1S/C21H34O/c1-4-14-6-8-18-17-7-5-15-13-16(22)9-11-21(15,3)19(17)10-12-20(14,18)2/h4,15-19,22H,5-13H2,1-3H3/t15-,16-,17-,18-,19-,20+,21-/m0/s1. The maximum atomic E-state index is 10.1. The van der Waals surface area contributed by atoms with Crippen LogP contribution in [0.25, 0.3) is 0 Å². The number of fused-ring (bicyclic) bond motifs is 5. The van der Waals surface area contributed by atoms with E-state index in [4.69, 9.17) is 0 Å². The molecule has 1 heteroatoms. The van der Waals surface area contributed by atoms with Crippen LogP contribution in [0.3, 0.4) is 0 Å². The summed E-state index contributed by atoms with van der Waals surface area (Å²) in [4.78, 5) is 0. The predicted molar refractivity (Wildman–Crippen MR) is 91.5 cm³/mol. The maximum absolute atomic E-state index is 10.1. The topological polar surface area (TPSA) is 20.2 Å². The zero-order valence-electron chi connectivity index (χ0n) is 14.8. The van der Waals surface area contributed by atoms with Gasteiger partial charge in [-0.3, -0.25) is 0 Å². The van der Waals surface area contributed by atoms with Gasteiger partial charge in [-0.15, -0.1) is 0 Å². The molecule has 0 amide bonds. The lowest BCUT2D eigenvalue weighted by Gasteiger charge is -2.60. The molecule has 124 valence electrons. The molecule has 1 N–H and O–H groups in total. The summed E-state index contributed by atoms with van der Waals surface area (Å²) in [6, 6.07) is 0. The minimum Gasteiger partial charge on any atom is -0.393 e. The van der Waals surface area contributed by atoms with Gasteiger partial charge in [0.2, 0.25) is 0 Å². The van der Waals surface area contributed by atoms with Gasteiger partial charge in [0.25, 0.3) is 0 Å². The molecule has 0 aromatic carbocycles. The Kier molecular flexibility index (Phi) is 3.53. The lowest BCUT2D eigenvalue weighted by atomic mass is 9.45. The van der Waals surface area contributed by atoms with Gasteiger partial charge >= 0.3 is 0 Å². The number of allylic oxidation sites excluding steroid dienone is 2. The van der Waals surface area contributed by atoms with Crippen LogP contribution >= 0.6 is 0 Å². The first-order valence-electron chi connectivity index (χ1n) is 9.83. The van der Waals surface area contributed by atoms with Gasteiger partial charge in [0.15, 0.2) is 0 Å². The molecule has 1 nitrogen and oxygen atoms in total. The molecule has 0 bridgehead atoms. The molecule has 0 heterocycles. The van der Waals surface area contributed by atoms with E-state index in [1.54, 1.807) is 5.57 Å². The van der Waals surface area contributed by atoms with Gasteiger partial charge in [-0.25, -0.2) is 0 Å². The zero-order chi connectivity index (χ0) is 15.5. The van der Waals surface area contributed by atoms with Crippen LogP contribution in [0.4, 0.5) is 0 Å². The maximum Gasteiger partial charge on any atom is 0.0543 e. The first-order chi connectivity index (χ1) is 10.5. The van der Waals surface area contributed by atoms with Crippen molar-refractivity contribution < 1.29 is 5.11 Å². The lowest BCUT2D eigenvalue weighted by molar-refractivity contribution is -0.116. The summed E-state index contributed by atoms with van der Waals surface area (Å²) in [5.41, 5.74) is 2.82. The second-order valence-electron chi connectivity index (χ2n) is 9.39. The minimum atomic E-state index is -0.00964. The molecule has 0 unspecified atom stereocenters. The summed E-state index contributed by atoms with van der Waals surface area (Å²) in [5.74, 6) is 3.65. The van der Waals surface area contributed by atoms with E-state index >= 15 is 0 Å². The highest BCUT2D eigenvalue weighted by Gasteiger charge is 2.58. The molecule has 0 aromatic rings. The third-order valence-electron chi connectivity index (χ3n) is 8.83. The summed E-state index contributed by atoms with van der Waals surface area (Å²) in [5, 5.41) is 10.1. The molecule has 7 atom stereocenters. The van der Waals surface area contributed by atoms with Gasteiger partial charge < -0.3 is 5.11 Å². The van der Waals surface area contributed by atoms with Crippen LogP contribution in [-0.4, -0.2) is 11.2 Å². The molecule has 4 fully saturated rings. The molecule has 22 heavy (non-hydrogen) atoms. The molecule has 4 aliphatic carbocycles. The van der Waals surface area contributed by atoms with Crippen molar-refractivity contribution in [2.45, 2.75) is 84.7 Å². The van der Waals surface area contributed by atoms with E-state index in [9.17, 15) is 5.11 Å². The Labute approximate surface area is 136 Å². The van der Waals surface area contributed by atoms with Crippen molar-refractivity contribution in [1.82, 2.24) is 0 Å². The Bertz CT molecular complexity index is 480. The van der Waals surface area contributed by atoms with E-state index in [-0.39, 0.29) is 6.10 Å². The van der Waals surface area contributed by atoms with E-state index in [0.29, 0.717) is 10.8 Å². The average molecular weight is 303 g/mol. The lowest BCUT2D eigenvalue weighted by Crippen LogP contribution is -2.53. The van der Waals surface area contributed by atoms with Crippen molar-refractivity contribution >= 4 is 0 Å². The van der Waals surface area contributed by atoms with Crippen molar-refractivity contribution in [1.29, 1.82) is 0 Å². The zero-order valence-corrected chi connectivity index (χ0v) is 14.8. The second kappa shape index (κ2) is 5.10. The van der Waals surface area contributed by atoms with Crippen LogP contribution in [-0.2, 0) is 0 Å². The molecular weight excluding hydrogens is 268 g/mol. The van der Waals surface area contributed by atoms with Crippen LogP contribution < -0.4 is 0 Å². The molecular formula is C21H34O. The average Bonchev–Trinajstić information content (AvgIpc) is 2.84. The van der Waals surface area contributed by atoms with Crippen LogP contribution in [0.15, 0.2) is 11.6 Å². The Hall–Kier alpha value is -0.300. The Morgan fingerprint density at radius 3 is 2.59 bits per heavy atom. The van der Waals surface area contributed by atoms with Gasteiger partial charge in [-0.1, -0.05) is 25.5 Å². The summed E-state index contributed by atoms with van der Waals surface area (Å²) >= 11 is 0. The molecule has 0 radical (unpaired) electrons. The van der Waals surface area contributed by atoms with E-state index in [1.807, 2.05) is 0 Å². The predicted octanol–water partition coefficient (Wildman–Crippen LogP) is 5.34. The summed E-state index contributed by atoms with van der Waals surface area (Å²) in [6.45, 7) is 7.43. The van der Waals surface area contributed by atoms with Crippen LogP contribution in [0.2, 0.25) is 0 Å². The van der Waals surface area contributed by atoms with E-state index < -0.39 is 0 Å². The Balaban J connectivity index is 1.63. The fourth-order valence-corrected chi connectivity index (χ4v) is 7.56. The molecule has 4 aliphatic rings. The fourth-order valence-electron chi connectivity index (χ4n) is 7.56. The monoisotopic (exact) mass is 302 g/mol.